The summed E-state index contributed by atoms with van der Waals surface area (Å²) in [4.78, 5) is 0. The predicted octanol–water partition coefficient (Wildman–Crippen LogP) is 2.85. The molecular weight excluding hydrogens is 186 g/mol. The van der Waals surface area contributed by atoms with E-state index in [4.69, 9.17) is 4.42 Å². The molecule has 0 bridgehead atoms. The average molecular weight is 207 g/mol. The molecule has 2 atom stereocenters. The van der Waals surface area contributed by atoms with Crippen LogP contribution in [0.4, 0.5) is 0 Å². The Labute approximate surface area is 92.1 Å². The van der Waals surface area contributed by atoms with Crippen LogP contribution in [-0.4, -0.2) is 12.6 Å². The zero-order valence-corrected chi connectivity index (χ0v) is 9.92. The van der Waals surface area contributed by atoms with Gasteiger partial charge in [0, 0.05) is 12.5 Å². The Morgan fingerprint density at radius 3 is 2.80 bits per heavy atom. The average Bonchev–Trinajstić information content (AvgIpc) is 2.65. The molecule has 1 aliphatic rings. The van der Waals surface area contributed by atoms with E-state index in [9.17, 15) is 0 Å². The van der Waals surface area contributed by atoms with Crippen molar-refractivity contribution in [2.24, 2.45) is 11.3 Å². The number of hydrogen-bond donors (Lipinski definition) is 1. The van der Waals surface area contributed by atoms with Gasteiger partial charge in [-0.3, -0.25) is 0 Å². The molecule has 0 spiro atoms. The van der Waals surface area contributed by atoms with Crippen LogP contribution in [0.15, 0.2) is 22.8 Å². The predicted molar refractivity (Wildman–Crippen MR) is 61.8 cm³/mol. The van der Waals surface area contributed by atoms with Gasteiger partial charge in [0.1, 0.15) is 5.76 Å². The third-order valence-electron chi connectivity index (χ3n) is 3.54. The van der Waals surface area contributed by atoms with E-state index in [0.29, 0.717) is 11.5 Å². The highest BCUT2D eigenvalue weighted by molar-refractivity contribution is 5.07. The van der Waals surface area contributed by atoms with Crippen molar-refractivity contribution < 1.29 is 4.42 Å². The summed E-state index contributed by atoms with van der Waals surface area (Å²) in [6.07, 6.45) is 4.12. The van der Waals surface area contributed by atoms with Crippen molar-refractivity contribution in [3.8, 4) is 0 Å². The van der Waals surface area contributed by atoms with Crippen LogP contribution in [0.1, 0.15) is 33.0 Å². The molecule has 1 aromatic rings. The van der Waals surface area contributed by atoms with Crippen LogP contribution in [0.2, 0.25) is 0 Å². The first kappa shape index (κ1) is 10.7. The highest BCUT2D eigenvalue weighted by Crippen LogP contribution is 2.54. The maximum absolute atomic E-state index is 5.42. The Morgan fingerprint density at radius 1 is 1.60 bits per heavy atom. The second-order valence-corrected chi connectivity index (χ2v) is 5.25. The minimum atomic E-state index is 0.527. The van der Waals surface area contributed by atoms with Crippen molar-refractivity contribution in [1.82, 2.24) is 5.32 Å². The van der Waals surface area contributed by atoms with E-state index in [1.54, 1.807) is 6.26 Å². The third-order valence-corrected chi connectivity index (χ3v) is 3.54. The summed E-state index contributed by atoms with van der Waals surface area (Å²) in [7, 11) is 0. The van der Waals surface area contributed by atoms with E-state index in [1.165, 1.54) is 6.42 Å². The SMILES string of the molecule is CCNC(Cc1ccco1)C1CC1(C)C. The standard InChI is InChI=1S/C13H21NO/c1-4-14-12(11-9-13(11,2)3)8-10-6-5-7-15-10/h5-7,11-12,14H,4,8-9H2,1-3H3. The first-order valence-corrected chi connectivity index (χ1v) is 5.89. The van der Waals surface area contributed by atoms with Crippen LogP contribution in [-0.2, 0) is 6.42 Å². The third kappa shape index (κ3) is 2.43. The fourth-order valence-corrected chi connectivity index (χ4v) is 2.46. The van der Waals surface area contributed by atoms with E-state index in [0.717, 1.165) is 24.6 Å². The minimum Gasteiger partial charge on any atom is -0.469 e. The van der Waals surface area contributed by atoms with Crippen molar-refractivity contribution in [2.75, 3.05) is 6.54 Å². The summed E-state index contributed by atoms with van der Waals surface area (Å²) in [5.41, 5.74) is 0.527. The highest BCUT2D eigenvalue weighted by Gasteiger charge is 2.49. The van der Waals surface area contributed by atoms with E-state index in [1.807, 2.05) is 6.07 Å². The largest absolute Gasteiger partial charge is 0.469 e. The van der Waals surface area contributed by atoms with Gasteiger partial charge in [-0.1, -0.05) is 20.8 Å². The summed E-state index contributed by atoms with van der Waals surface area (Å²) in [6.45, 7) is 7.91. The molecule has 1 N–H and O–H groups in total. The Balaban J connectivity index is 1.96. The van der Waals surface area contributed by atoms with Gasteiger partial charge in [0.05, 0.1) is 6.26 Å². The molecule has 84 valence electrons. The molecular formula is C13H21NO. The molecule has 1 saturated carbocycles. The van der Waals surface area contributed by atoms with E-state index < -0.39 is 0 Å². The van der Waals surface area contributed by atoms with Crippen molar-refractivity contribution in [2.45, 2.75) is 39.7 Å². The van der Waals surface area contributed by atoms with Crippen molar-refractivity contribution in [3.63, 3.8) is 0 Å². The first-order chi connectivity index (χ1) is 7.13. The van der Waals surface area contributed by atoms with Gasteiger partial charge in [0.15, 0.2) is 0 Å². The molecule has 1 heterocycles. The highest BCUT2D eigenvalue weighted by atomic mass is 16.3. The van der Waals surface area contributed by atoms with Crippen LogP contribution in [0.3, 0.4) is 0 Å². The summed E-state index contributed by atoms with van der Waals surface area (Å²) >= 11 is 0. The van der Waals surface area contributed by atoms with Crippen LogP contribution in [0.5, 0.6) is 0 Å². The normalized spacial score (nSPS) is 25.1. The molecule has 0 radical (unpaired) electrons. The van der Waals surface area contributed by atoms with Crippen LogP contribution in [0.25, 0.3) is 0 Å². The van der Waals surface area contributed by atoms with Crippen molar-refractivity contribution in [3.05, 3.63) is 24.2 Å². The van der Waals surface area contributed by atoms with Gasteiger partial charge >= 0.3 is 0 Å². The molecule has 1 aromatic heterocycles. The Hall–Kier alpha value is -0.760. The molecule has 2 heteroatoms. The Kier molecular flexibility index (Phi) is 2.87. The molecule has 0 aromatic carbocycles. The van der Waals surface area contributed by atoms with Crippen LogP contribution >= 0.6 is 0 Å². The lowest BCUT2D eigenvalue weighted by atomic mass is 10.00. The molecule has 0 saturated heterocycles. The molecule has 1 fully saturated rings. The lowest BCUT2D eigenvalue weighted by Crippen LogP contribution is -2.34. The molecule has 0 aliphatic heterocycles. The number of nitrogens with one attached hydrogen (secondary N) is 1. The van der Waals surface area contributed by atoms with Crippen LogP contribution < -0.4 is 5.32 Å². The summed E-state index contributed by atoms with van der Waals surface area (Å²) < 4.78 is 5.42. The first-order valence-electron chi connectivity index (χ1n) is 5.89. The Bertz CT molecular complexity index is 302. The lowest BCUT2D eigenvalue weighted by molar-refractivity contribution is 0.380. The smallest absolute Gasteiger partial charge is 0.105 e. The van der Waals surface area contributed by atoms with Crippen molar-refractivity contribution >= 4 is 0 Å². The van der Waals surface area contributed by atoms with Gasteiger partial charge in [0.2, 0.25) is 0 Å². The van der Waals surface area contributed by atoms with Gasteiger partial charge in [-0.15, -0.1) is 0 Å². The zero-order valence-electron chi connectivity index (χ0n) is 9.92. The maximum atomic E-state index is 5.42. The fraction of sp³-hybridized carbons (Fsp3) is 0.692. The summed E-state index contributed by atoms with van der Waals surface area (Å²) in [6, 6.07) is 4.62. The Morgan fingerprint density at radius 2 is 2.33 bits per heavy atom. The summed E-state index contributed by atoms with van der Waals surface area (Å²) in [5.74, 6) is 1.91. The number of rotatable bonds is 5. The van der Waals surface area contributed by atoms with E-state index in [-0.39, 0.29) is 0 Å². The van der Waals surface area contributed by atoms with Gasteiger partial charge in [-0.2, -0.15) is 0 Å². The van der Waals surface area contributed by atoms with Gasteiger partial charge in [-0.05, 0) is 36.4 Å². The maximum Gasteiger partial charge on any atom is 0.105 e. The fourth-order valence-electron chi connectivity index (χ4n) is 2.46. The minimum absolute atomic E-state index is 0.527. The molecule has 2 nitrogen and oxygen atoms in total. The molecule has 15 heavy (non-hydrogen) atoms. The molecule has 2 rings (SSSR count). The molecule has 1 aliphatic carbocycles. The van der Waals surface area contributed by atoms with E-state index >= 15 is 0 Å². The topological polar surface area (TPSA) is 25.2 Å². The van der Waals surface area contributed by atoms with Gasteiger partial charge in [-0.25, -0.2) is 0 Å². The lowest BCUT2D eigenvalue weighted by Gasteiger charge is -2.18. The van der Waals surface area contributed by atoms with E-state index in [2.05, 4.69) is 32.2 Å². The quantitative estimate of drug-likeness (QED) is 0.803. The molecule has 2 unspecified atom stereocenters. The zero-order chi connectivity index (χ0) is 10.9. The second-order valence-electron chi connectivity index (χ2n) is 5.25. The monoisotopic (exact) mass is 207 g/mol. The molecule has 0 amide bonds. The van der Waals surface area contributed by atoms with Crippen LogP contribution in [0, 0.1) is 11.3 Å². The number of hydrogen-bond acceptors (Lipinski definition) is 2. The van der Waals surface area contributed by atoms with Gasteiger partial charge in [0.25, 0.3) is 0 Å². The second kappa shape index (κ2) is 4.01. The van der Waals surface area contributed by atoms with Gasteiger partial charge < -0.3 is 9.73 Å². The number of furan rings is 1. The van der Waals surface area contributed by atoms with Crippen molar-refractivity contribution in [1.29, 1.82) is 0 Å². The number of likely N-dealkylation sites (N-methyl/N-ethyl adjacent to an activating group) is 1. The summed E-state index contributed by atoms with van der Waals surface area (Å²) in [5, 5.41) is 3.58.